The van der Waals surface area contributed by atoms with Crippen molar-refractivity contribution in [2.75, 3.05) is 39.5 Å². The number of carboxylic acid groups (broad SMARTS) is 1. The standard InChI is InChI=1S/C19H27NO6/c1-3-24-12-14-6-5-9-20(11-14)19(23)15-7-8-16(26-13-18(21)22)17(10-15)25-4-2/h7-8,10,14H,3-6,9,11-13H2,1-2H3,(H,21,22). The Hall–Kier alpha value is -2.28. The van der Waals surface area contributed by atoms with Gasteiger partial charge in [0.25, 0.3) is 5.91 Å². The van der Waals surface area contributed by atoms with E-state index in [0.717, 1.165) is 19.4 Å². The molecule has 1 aromatic carbocycles. The molecule has 1 unspecified atom stereocenters. The summed E-state index contributed by atoms with van der Waals surface area (Å²) in [5.74, 6) is -0.0727. The Morgan fingerprint density at radius 3 is 2.69 bits per heavy atom. The molecule has 1 heterocycles. The average molecular weight is 365 g/mol. The number of likely N-dealkylation sites (tertiary alicyclic amines) is 1. The molecule has 1 aromatic rings. The van der Waals surface area contributed by atoms with Gasteiger partial charge in [-0.15, -0.1) is 0 Å². The summed E-state index contributed by atoms with van der Waals surface area (Å²) in [6.07, 6.45) is 2.03. The number of benzene rings is 1. The van der Waals surface area contributed by atoms with Crippen LogP contribution in [0.3, 0.4) is 0 Å². The lowest BCUT2D eigenvalue weighted by atomic mass is 9.98. The zero-order valence-corrected chi connectivity index (χ0v) is 15.4. The summed E-state index contributed by atoms with van der Waals surface area (Å²) < 4.78 is 16.2. The van der Waals surface area contributed by atoms with Gasteiger partial charge in [0.15, 0.2) is 18.1 Å². The number of carboxylic acids is 1. The van der Waals surface area contributed by atoms with Crippen molar-refractivity contribution in [1.29, 1.82) is 0 Å². The van der Waals surface area contributed by atoms with Crippen LogP contribution in [-0.2, 0) is 9.53 Å². The van der Waals surface area contributed by atoms with Crippen molar-refractivity contribution in [3.63, 3.8) is 0 Å². The van der Waals surface area contributed by atoms with E-state index in [1.807, 2.05) is 18.7 Å². The maximum absolute atomic E-state index is 12.8. The molecular weight excluding hydrogens is 338 g/mol. The molecule has 1 atom stereocenters. The van der Waals surface area contributed by atoms with Crippen LogP contribution in [0, 0.1) is 5.92 Å². The van der Waals surface area contributed by atoms with Crippen molar-refractivity contribution >= 4 is 11.9 Å². The van der Waals surface area contributed by atoms with E-state index in [4.69, 9.17) is 19.3 Å². The number of amides is 1. The number of aliphatic carboxylic acids is 1. The highest BCUT2D eigenvalue weighted by molar-refractivity contribution is 5.95. The summed E-state index contributed by atoms with van der Waals surface area (Å²) in [4.78, 5) is 25.4. The van der Waals surface area contributed by atoms with Crippen molar-refractivity contribution in [1.82, 2.24) is 4.90 Å². The summed E-state index contributed by atoms with van der Waals surface area (Å²) in [5.41, 5.74) is 0.508. The molecule has 1 aliphatic rings. The second-order valence-corrected chi connectivity index (χ2v) is 6.20. The molecule has 26 heavy (non-hydrogen) atoms. The highest BCUT2D eigenvalue weighted by atomic mass is 16.5. The molecule has 7 nitrogen and oxygen atoms in total. The Balaban J connectivity index is 2.09. The van der Waals surface area contributed by atoms with Crippen LogP contribution in [0.15, 0.2) is 18.2 Å². The number of rotatable bonds is 9. The quantitative estimate of drug-likeness (QED) is 0.723. The van der Waals surface area contributed by atoms with Crippen LogP contribution in [0.25, 0.3) is 0 Å². The van der Waals surface area contributed by atoms with Gasteiger partial charge in [-0.05, 0) is 50.8 Å². The summed E-state index contributed by atoms with van der Waals surface area (Å²) in [6, 6.07) is 4.85. The largest absolute Gasteiger partial charge is 0.490 e. The van der Waals surface area contributed by atoms with Gasteiger partial charge in [-0.25, -0.2) is 4.79 Å². The van der Waals surface area contributed by atoms with Crippen molar-refractivity contribution < 1.29 is 28.9 Å². The molecule has 0 radical (unpaired) electrons. The number of carbonyl (C=O) groups excluding carboxylic acids is 1. The molecule has 0 bridgehead atoms. The van der Waals surface area contributed by atoms with E-state index in [2.05, 4.69) is 0 Å². The third-order valence-corrected chi connectivity index (χ3v) is 4.21. The topological polar surface area (TPSA) is 85.3 Å². The molecule has 1 saturated heterocycles. The van der Waals surface area contributed by atoms with Crippen LogP contribution in [0.4, 0.5) is 0 Å². The molecule has 2 rings (SSSR count). The van der Waals surface area contributed by atoms with E-state index in [1.54, 1.807) is 18.2 Å². The van der Waals surface area contributed by atoms with Crippen LogP contribution < -0.4 is 9.47 Å². The minimum absolute atomic E-state index is 0.0584. The van der Waals surface area contributed by atoms with Gasteiger partial charge in [0, 0.05) is 25.3 Å². The van der Waals surface area contributed by atoms with Crippen molar-refractivity contribution in [2.24, 2.45) is 5.92 Å². The summed E-state index contributed by atoms with van der Waals surface area (Å²) >= 11 is 0. The van der Waals surface area contributed by atoms with Gasteiger partial charge >= 0.3 is 5.97 Å². The minimum Gasteiger partial charge on any atom is -0.490 e. The van der Waals surface area contributed by atoms with Crippen LogP contribution in [0.5, 0.6) is 11.5 Å². The molecule has 0 aromatic heterocycles. The minimum atomic E-state index is -1.07. The van der Waals surface area contributed by atoms with Gasteiger partial charge in [-0.2, -0.15) is 0 Å². The fourth-order valence-corrected chi connectivity index (χ4v) is 3.02. The predicted octanol–water partition coefficient (Wildman–Crippen LogP) is 2.44. The molecule has 144 valence electrons. The van der Waals surface area contributed by atoms with Gasteiger partial charge in [0.05, 0.1) is 13.2 Å². The molecule has 0 aliphatic carbocycles. The molecule has 7 heteroatoms. The zero-order chi connectivity index (χ0) is 18.9. The first-order chi connectivity index (χ1) is 12.5. The third kappa shape index (κ3) is 5.62. The van der Waals surface area contributed by atoms with Crippen LogP contribution in [0.1, 0.15) is 37.0 Å². The van der Waals surface area contributed by atoms with Gasteiger partial charge in [-0.3, -0.25) is 4.79 Å². The molecule has 0 spiro atoms. The van der Waals surface area contributed by atoms with Crippen LogP contribution >= 0.6 is 0 Å². The molecular formula is C19H27NO6. The molecule has 1 fully saturated rings. The molecule has 0 saturated carbocycles. The van der Waals surface area contributed by atoms with E-state index < -0.39 is 12.6 Å². The maximum Gasteiger partial charge on any atom is 0.341 e. The zero-order valence-electron chi connectivity index (χ0n) is 15.4. The third-order valence-electron chi connectivity index (χ3n) is 4.21. The fraction of sp³-hybridized carbons (Fsp3) is 0.579. The van der Waals surface area contributed by atoms with E-state index in [-0.39, 0.29) is 5.91 Å². The van der Waals surface area contributed by atoms with E-state index >= 15 is 0 Å². The highest BCUT2D eigenvalue weighted by Crippen LogP contribution is 2.29. The van der Waals surface area contributed by atoms with Gasteiger partial charge in [0.2, 0.25) is 0 Å². The Morgan fingerprint density at radius 1 is 1.19 bits per heavy atom. The lowest BCUT2D eigenvalue weighted by Crippen LogP contribution is -2.41. The first kappa shape index (κ1) is 20.0. The van der Waals surface area contributed by atoms with E-state index in [0.29, 0.717) is 49.3 Å². The molecule has 1 N–H and O–H groups in total. The smallest absolute Gasteiger partial charge is 0.341 e. The van der Waals surface area contributed by atoms with Crippen molar-refractivity contribution in [3.05, 3.63) is 23.8 Å². The highest BCUT2D eigenvalue weighted by Gasteiger charge is 2.25. The van der Waals surface area contributed by atoms with Crippen molar-refractivity contribution in [3.8, 4) is 11.5 Å². The Kier molecular flexibility index (Phi) is 7.72. The first-order valence-corrected chi connectivity index (χ1v) is 9.03. The average Bonchev–Trinajstić information content (AvgIpc) is 2.65. The van der Waals surface area contributed by atoms with Gasteiger partial charge < -0.3 is 24.2 Å². The predicted molar refractivity (Wildman–Crippen MR) is 95.9 cm³/mol. The summed E-state index contributed by atoms with van der Waals surface area (Å²) in [6.45, 7) is 6.47. The van der Waals surface area contributed by atoms with Gasteiger partial charge in [0.1, 0.15) is 0 Å². The molecule has 1 aliphatic heterocycles. The molecule has 1 amide bonds. The van der Waals surface area contributed by atoms with Crippen LogP contribution in [-0.4, -0.2) is 61.4 Å². The number of hydrogen-bond donors (Lipinski definition) is 1. The van der Waals surface area contributed by atoms with Crippen LogP contribution in [0.2, 0.25) is 0 Å². The Bertz CT molecular complexity index is 618. The summed E-state index contributed by atoms with van der Waals surface area (Å²) in [5, 5.41) is 8.76. The number of hydrogen-bond acceptors (Lipinski definition) is 5. The number of nitrogens with zero attached hydrogens (tertiary/aromatic N) is 1. The number of piperidine rings is 1. The van der Waals surface area contributed by atoms with E-state index in [9.17, 15) is 9.59 Å². The Labute approximate surface area is 153 Å². The second-order valence-electron chi connectivity index (χ2n) is 6.20. The fourth-order valence-electron chi connectivity index (χ4n) is 3.02. The van der Waals surface area contributed by atoms with Crippen molar-refractivity contribution in [2.45, 2.75) is 26.7 Å². The normalized spacial score (nSPS) is 17.0. The number of ether oxygens (including phenoxy) is 3. The SMILES string of the molecule is CCOCC1CCCN(C(=O)c2ccc(OCC(=O)O)c(OCC)c2)C1. The lowest BCUT2D eigenvalue weighted by Gasteiger charge is -2.32. The monoisotopic (exact) mass is 365 g/mol. The summed E-state index contributed by atoms with van der Waals surface area (Å²) in [7, 11) is 0. The lowest BCUT2D eigenvalue weighted by molar-refractivity contribution is -0.139. The second kappa shape index (κ2) is 10.0. The maximum atomic E-state index is 12.8. The first-order valence-electron chi connectivity index (χ1n) is 9.03. The Morgan fingerprint density at radius 2 is 2.00 bits per heavy atom. The van der Waals surface area contributed by atoms with E-state index in [1.165, 1.54) is 0 Å². The van der Waals surface area contributed by atoms with Gasteiger partial charge in [-0.1, -0.05) is 0 Å². The number of carbonyl (C=O) groups is 2.